The van der Waals surface area contributed by atoms with E-state index < -0.39 is 12.0 Å². The van der Waals surface area contributed by atoms with E-state index in [4.69, 9.17) is 0 Å². The molecule has 1 aromatic rings. The first-order chi connectivity index (χ1) is 10.1. The molecule has 114 valence electrons. The van der Waals surface area contributed by atoms with Crippen molar-refractivity contribution in [2.24, 2.45) is 0 Å². The summed E-state index contributed by atoms with van der Waals surface area (Å²) < 4.78 is 0. The molecule has 2 fully saturated rings. The molecule has 2 aliphatic heterocycles. The topological polar surface area (TPSA) is 72.9 Å². The van der Waals surface area contributed by atoms with Gasteiger partial charge in [0.05, 0.1) is 0 Å². The summed E-state index contributed by atoms with van der Waals surface area (Å²) in [6, 6.07) is 2.73. The smallest absolute Gasteiger partial charge is 0.331 e. The van der Waals surface area contributed by atoms with Gasteiger partial charge in [0.25, 0.3) is 0 Å². The number of nitrogens with zero attached hydrogens (tertiary/aromatic N) is 2. The normalized spacial score (nSPS) is 23.6. The van der Waals surface area contributed by atoms with Crippen LogP contribution in [0.25, 0.3) is 0 Å². The quantitative estimate of drug-likeness (QED) is 0.884. The zero-order valence-electron chi connectivity index (χ0n) is 11.7. The molecule has 0 bridgehead atoms. The molecule has 2 saturated heterocycles. The molecule has 2 amide bonds. The highest BCUT2D eigenvalue weighted by Gasteiger charge is 2.34. The van der Waals surface area contributed by atoms with Gasteiger partial charge < -0.3 is 15.3 Å². The van der Waals surface area contributed by atoms with Crippen molar-refractivity contribution in [3.05, 3.63) is 22.4 Å². The van der Waals surface area contributed by atoms with Crippen molar-refractivity contribution in [3.63, 3.8) is 0 Å². The van der Waals surface area contributed by atoms with E-state index in [-0.39, 0.29) is 6.03 Å². The number of aliphatic carboxylic acids is 1. The third kappa shape index (κ3) is 3.03. The largest absolute Gasteiger partial charge is 0.479 e. The Morgan fingerprint density at radius 1 is 1.38 bits per heavy atom. The molecule has 0 spiro atoms. The molecule has 1 aromatic heterocycles. The monoisotopic (exact) mass is 309 g/mol. The molecule has 2 N–H and O–H groups in total. The number of rotatable bonds is 3. The van der Waals surface area contributed by atoms with E-state index in [1.807, 2.05) is 5.38 Å². The van der Waals surface area contributed by atoms with Crippen LogP contribution in [0.3, 0.4) is 0 Å². The highest BCUT2D eigenvalue weighted by atomic mass is 32.1. The predicted molar refractivity (Wildman–Crippen MR) is 79.4 cm³/mol. The Morgan fingerprint density at radius 2 is 2.24 bits per heavy atom. The number of nitrogens with one attached hydrogen (secondary N) is 1. The summed E-state index contributed by atoms with van der Waals surface area (Å²) in [7, 11) is 0. The number of amides is 2. The van der Waals surface area contributed by atoms with Gasteiger partial charge in [-0.2, -0.15) is 0 Å². The molecule has 6 nitrogen and oxygen atoms in total. The standard InChI is InChI=1S/C14H19N3O3S/c18-13(19)12(11-4-2-8-21-11)15-14(20)17-7-6-16-5-1-3-10(16)9-17/h2,4,8,10,12H,1,3,5-7,9H2,(H,15,20)(H,18,19). The number of carbonyl (C=O) groups is 2. The van der Waals surface area contributed by atoms with Crippen LogP contribution in [0.2, 0.25) is 0 Å². The lowest BCUT2D eigenvalue weighted by atomic mass is 10.1. The van der Waals surface area contributed by atoms with Crippen molar-refractivity contribution in [1.82, 2.24) is 15.1 Å². The Morgan fingerprint density at radius 3 is 2.95 bits per heavy atom. The van der Waals surface area contributed by atoms with Gasteiger partial charge in [0.1, 0.15) is 0 Å². The van der Waals surface area contributed by atoms with Gasteiger partial charge in [-0.1, -0.05) is 6.07 Å². The van der Waals surface area contributed by atoms with Gasteiger partial charge in [-0.05, 0) is 30.8 Å². The molecule has 3 rings (SSSR count). The van der Waals surface area contributed by atoms with Crippen molar-refractivity contribution in [2.75, 3.05) is 26.2 Å². The number of hydrogen-bond acceptors (Lipinski definition) is 4. The van der Waals surface area contributed by atoms with E-state index in [2.05, 4.69) is 10.2 Å². The van der Waals surface area contributed by atoms with Crippen molar-refractivity contribution in [1.29, 1.82) is 0 Å². The fraction of sp³-hybridized carbons (Fsp3) is 0.571. The highest BCUT2D eigenvalue weighted by molar-refractivity contribution is 7.10. The molecule has 2 atom stereocenters. The summed E-state index contributed by atoms with van der Waals surface area (Å²) in [6.45, 7) is 3.36. The average Bonchev–Trinajstić information content (AvgIpc) is 3.14. The maximum atomic E-state index is 12.3. The van der Waals surface area contributed by atoms with Gasteiger partial charge >= 0.3 is 12.0 Å². The van der Waals surface area contributed by atoms with Crippen LogP contribution < -0.4 is 5.32 Å². The van der Waals surface area contributed by atoms with Crippen LogP contribution in [0.5, 0.6) is 0 Å². The Balaban J connectivity index is 1.63. The maximum absolute atomic E-state index is 12.3. The Kier molecular flexibility index (Phi) is 4.12. The number of carboxylic acids is 1. The molecule has 0 aromatic carbocycles. The van der Waals surface area contributed by atoms with Crippen LogP contribution in [-0.2, 0) is 4.79 Å². The fourth-order valence-electron chi connectivity index (χ4n) is 3.10. The van der Waals surface area contributed by atoms with Crippen molar-refractivity contribution >= 4 is 23.3 Å². The van der Waals surface area contributed by atoms with Gasteiger partial charge in [0, 0.05) is 30.6 Å². The second kappa shape index (κ2) is 6.03. The van der Waals surface area contributed by atoms with Crippen LogP contribution >= 0.6 is 11.3 Å². The fourth-order valence-corrected chi connectivity index (χ4v) is 3.87. The number of carbonyl (C=O) groups excluding carboxylic acids is 1. The van der Waals surface area contributed by atoms with Crippen molar-refractivity contribution in [2.45, 2.75) is 24.9 Å². The number of thiophene rings is 1. The number of urea groups is 1. The SMILES string of the molecule is O=C(O)C(NC(=O)N1CCN2CCCC2C1)c1cccs1. The van der Waals surface area contributed by atoms with Crippen LogP contribution in [0.15, 0.2) is 17.5 Å². The lowest BCUT2D eigenvalue weighted by Gasteiger charge is -2.37. The molecular weight excluding hydrogens is 290 g/mol. The molecule has 2 aliphatic rings. The summed E-state index contributed by atoms with van der Waals surface area (Å²) in [5.74, 6) is -1.02. The van der Waals surface area contributed by atoms with Crippen molar-refractivity contribution in [3.8, 4) is 0 Å². The van der Waals surface area contributed by atoms with Gasteiger partial charge in [0.2, 0.25) is 0 Å². The Hall–Kier alpha value is -1.60. The lowest BCUT2D eigenvalue weighted by molar-refractivity contribution is -0.139. The van der Waals surface area contributed by atoms with E-state index in [0.29, 0.717) is 24.0 Å². The minimum atomic E-state index is -1.02. The van der Waals surface area contributed by atoms with Crippen LogP contribution in [0, 0.1) is 0 Å². The van der Waals surface area contributed by atoms with E-state index in [0.717, 1.165) is 19.5 Å². The summed E-state index contributed by atoms with van der Waals surface area (Å²) in [5.41, 5.74) is 0. The first-order valence-electron chi connectivity index (χ1n) is 7.21. The van der Waals surface area contributed by atoms with Crippen molar-refractivity contribution < 1.29 is 14.7 Å². The molecule has 0 aliphatic carbocycles. The lowest BCUT2D eigenvalue weighted by Crippen LogP contribution is -2.55. The van der Waals surface area contributed by atoms with Gasteiger partial charge in [-0.15, -0.1) is 11.3 Å². The zero-order chi connectivity index (χ0) is 14.8. The number of piperazine rings is 1. The van der Waals surface area contributed by atoms with E-state index >= 15 is 0 Å². The number of fused-ring (bicyclic) bond motifs is 1. The molecule has 3 heterocycles. The highest BCUT2D eigenvalue weighted by Crippen LogP contribution is 2.23. The first kappa shape index (κ1) is 14.3. The van der Waals surface area contributed by atoms with E-state index in [1.165, 1.54) is 17.8 Å². The third-order valence-electron chi connectivity index (χ3n) is 4.22. The number of carboxylic acid groups (broad SMARTS) is 1. The minimum absolute atomic E-state index is 0.276. The second-order valence-electron chi connectivity index (χ2n) is 5.51. The van der Waals surface area contributed by atoms with E-state index in [9.17, 15) is 14.7 Å². The maximum Gasteiger partial charge on any atom is 0.331 e. The third-order valence-corrected chi connectivity index (χ3v) is 5.15. The van der Waals surface area contributed by atoms with Gasteiger partial charge in [-0.25, -0.2) is 9.59 Å². The van der Waals surface area contributed by atoms with Crippen LogP contribution in [0.4, 0.5) is 4.79 Å². The molecule has 2 unspecified atom stereocenters. The Bertz CT molecular complexity index is 520. The predicted octanol–water partition coefficient (Wildman–Crippen LogP) is 1.36. The van der Waals surface area contributed by atoms with E-state index in [1.54, 1.807) is 17.0 Å². The molecule has 21 heavy (non-hydrogen) atoms. The summed E-state index contributed by atoms with van der Waals surface area (Å²) in [5, 5.41) is 13.8. The molecular formula is C14H19N3O3S. The summed E-state index contributed by atoms with van der Waals surface area (Å²) in [4.78, 5) is 28.5. The molecule has 7 heteroatoms. The van der Waals surface area contributed by atoms with Crippen LogP contribution in [-0.4, -0.2) is 59.1 Å². The molecule has 0 radical (unpaired) electrons. The summed E-state index contributed by atoms with van der Waals surface area (Å²) >= 11 is 1.34. The minimum Gasteiger partial charge on any atom is -0.479 e. The first-order valence-corrected chi connectivity index (χ1v) is 8.09. The van der Waals surface area contributed by atoms with Gasteiger partial charge in [0.15, 0.2) is 6.04 Å². The summed E-state index contributed by atoms with van der Waals surface area (Å²) in [6.07, 6.45) is 2.31. The molecule has 0 saturated carbocycles. The second-order valence-corrected chi connectivity index (χ2v) is 6.49. The average molecular weight is 309 g/mol. The number of hydrogen-bond donors (Lipinski definition) is 2. The Labute approximate surface area is 127 Å². The van der Waals surface area contributed by atoms with Gasteiger partial charge in [-0.3, -0.25) is 4.90 Å². The zero-order valence-corrected chi connectivity index (χ0v) is 12.5. The van der Waals surface area contributed by atoms with Crippen LogP contribution in [0.1, 0.15) is 23.8 Å².